The summed E-state index contributed by atoms with van der Waals surface area (Å²) < 4.78 is 10.5. The fraction of sp³-hybridized carbons (Fsp3) is 0.364. The predicted molar refractivity (Wildman–Crippen MR) is 108 cm³/mol. The van der Waals surface area contributed by atoms with Crippen molar-refractivity contribution in [2.75, 3.05) is 25.7 Å². The van der Waals surface area contributed by atoms with Crippen LogP contribution in [0.1, 0.15) is 24.5 Å². The third-order valence-electron chi connectivity index (χ3n) is 5.07. The Morgan fingerprint density at radius 2 is 1.75 bits per heavy atom. The van der Waals surface area contributed by atoms with Crippen LogP contribution in [0.2, 0.25) is 0 Å². The summed E-state index contributed by atoms with van der Waals surface area (Å²) in [6.07, 6.45) is 1.18. The van der Waals surface area contributed by atoms with Gasteiger partial charge in [-0.25, -0.2) is 0 Å². The molecule has 0 radical (unpaired) electrons. The van der Waals surface area contributed by atoms with Crippen molar-refractivity contribution < 1.29 is 19.1 Å². The van der Waals surface area contributed by atoms with Crippen LogP contribution in [-0.2, 0) is 22.6 Å². The highest BCUT2D eigenvalue weighted by Crippen LogP contribution is 2.28. The molecule has 1 heterocycles. The van der Waals surface area contributed by atoms with Crippen molar-refractivity contribution in [2.24, 2.45) is 5.92 Å². The van der Waals surface area contributed by atoms with Gasteiger partial charge in [0.25, 0.3) is 0 Å². The second-order valence-corrected chi connectivity index (χ2v) is 6.83. The number of carbonyl (C=O) groups excluding carboxylic acids is 2. The molecule has 1 N–H and O–H groups in total. The number of benzene rings is 2. The van der Waals surface area contributed by atoms with Gasteiger partial charge < -0.3 is 19.7 Å². The summed E-state index contributed by atoms with van der Waals surface area (Å²) in [7, 11) is 3.16. The number of ether oxygens (including phenoxy) is 2. The molecule has 28 heavy (non-hydrogen) atoms. The topological polar surface area (TPSA) is 67.9 Å². The Balaban J connectivity index is 1.60. The highest BCUT2D eigenvalue weighted by atomic mass is 16.5. The van der Waals surface area contributed by atoms with E-state index >= 15 is 0 Å². The summed E-state index contributed by atoms with van der Waals surface area (Å²) in [4.78, 5) is 26.7. The number of anilines is 1. The number of amides is 2. The Bertz CT molecular complexity index is 848. The van der Waals surface area contributed by atoms with Crippen LogP contribution >= 0.6 is 0 Å². The third kappa shape index (κ3) is 4.27. The summed E-state index contributed by atoms with van der Waals surface area (Å²) in [6, 6.07) is 13.5. The molecular formula is C22H26N2O4. The number of carbonyl (C=O) groups is 2. The van der Waals surface area contributed by atoms with E-state index in [4.69, 9.17) is 9.47 Å². The quantitative estimate of drug-likeness (QED) is 0.800. The van der Waals surface area contributed by atoms with E-state index in [9.17, 15) is 9.59 Å². The zero-order chi connectivity index (χ0) is 20.1. The Kier molecular flexibility index (Phi) is 6.19. The molecule has 1 saturated heterocycles. The van der Waals surface area contributed by atoms with Crippen molar-refractivity contribution in [2.45, 2.75) is 26.3 Å². The number of hydrogen-bond acceptors (Lipinski definition) is 4. The molecule has 0 aromatic heterocycles. The molecular weight excluding hydrogens is 356 g/mol. The molecule has 2 aromatic rings. The van der Waals surface area contributed by atoms with E-state index < -0.39 is 0 Å². The molecule has 1 fully saturated rings. The SMILES string of the molecule is CCc1ccc(N2C[C@@H](C(=O)NCc3ccc(OC)c(OC)c3)CC2=O)cc1. The summed E-state index contributed by atoms with van der Waals surface area (Å²) in [5, 5.41) is 2.93. The molecule has 2 amide bonds. The molecule has 1 atom stereocenters. The molecule has 1 aliphatic heterocycles. The zero-order valence-corrected chi connectivity index (χ0v) is 16.5. The van der Waals surface area contributed by atoms with Gasteiger partial charge in [0.1, 0.15) is 0 Å². The molecule has 6 heteroatoms. The van der Waals surface area contributed by atoms with Crippen LogP contribution in [0.5, 0.6) is 11.5 Å². The van der Waals surface area contributed by atoms with E-state index in [1.807, 2.05) is 36.4 Å². The molecule has 0 aliphatic carbocycles. The van der Waals surface area contributed by atoms with Crippen LogP contribution in [0.4, 0.5) is 5.69 Å². The van der Waals surface area contributed by atoms with E-state index in [1.165, 1.54) is 5.56 Å². The highest BCUT2D eigenvalue weighted by Gasteiger charge is 2.34. The second kappa shape index (κ2) is 8.78. The maximum atomic E-state index is 12.6. The fourth-order valence-electron chi connectivity index (χ4n) is 3.37. The largest absolute Gasteiger partial charge is 0.493 e. The molecule has 148 valence electrons. The summed E-state index contributed by atoms with van der Waals surface area (Å²) in [5.41, 5.74) is 2.97. The van der Waals surface area contributed by atoms with Crippen LogP contribution in [-0.4, -0.2) is 32.6 Å². The molecule has 0 unspecified atom stereocenters. The maximum absolute atomic E-state index is 12.6. The van der Waals surface area contributed by atoms with Crippen LogP contribution in [0.25, 0.3) is 0 Å². The standard InChI is InChI=1S/C22H26N2O4/c1-4-15-5-8-18(9-6-15)24-14-17(12-21(24)25)22(26)23-13-16-7-10-19(27-2)20(11-16)28-3/h5-11,17H,4,12-14H2,1-3H3,(H,23,26)/t17-/m0/s1. The van der Waals surface area contributed by atoms with Crippen LogP contribution in [0.3, 0.4) is 0 Å². The fourth-order valence-corrected chi connectivity index (χ4v) is 3.37. The first-order valence-electron chi connectivity index (χ1n) is 9.43. The first-order chi connectivity index (χ1) is 13.5. The first-order valence-corrected chi connectivity index (χ1v) is 9.43. The lowest BCUT2D eigenvalue weighted by Crippen LogP contribution is -2.32. The molecule has 0 spiro atoms. The van der Waals surface area contributed by atoms with Gasteiger partial charge in [0.05, 0.1) is 20.1 Å². The van der Waals surface area contributed by atoms with Gasteiger partial charge in [-0.2, -0.15) is 0 Å². The van der Waals surface area contributed by atoms with E-state index in [1.54, 1.807) is 25.2 Å². The van der Waals surface area contributed by atoms with E-state index in [-0.39, 0.29) is 24.2 Å². The van der Waals surface area contributed by atoms with Crippen molar-refractivity contribution >= 4 is 17.5 Å². The van der Waals surface area contributed by atoms with Gasteiger partial charge >= 0.3 is 0 Å². The van der Waals surface area contributed by atoms with Crippen molar-refractivity contribution in [3.63, 3.8) is 0 Å². The number of hydrogen-bond donors (Lipinski definition) is 1. The van der Waals surface area contributed by atoms with Crippen LogP contribution in [0, 0.1) is 5.92 Å². The number of nitrogens with one attached hydrogen (secondary N) is 1. The summed E-state index contributed by atoms with van der Waals surface area (Å²) >= 11 is 0. The summed E-state index contributed by atoms with van der Waals surface area (Å²) in [6.45, 7) is 2.87. The van der Waals surface area contributed by atoms with Gasteiger partial charge in [0, 0.05) is 25.2 Å². The Morgan fingerprint density at radius 3 is 2.39 bits per heavy atom. The Labute approximate surface area is 165 Å². The van der Waals surface area contributed by atoms with Crippen molar-refractivity contribution in [3.05, 3.63) is 53.6 Å². The lowest BCUT2D eigenvalue weighted by atomic mass is 10.1. The predicted octanol–water partition coefficient (Wildman–Crippen LogP) is 2.94. The van der Waals surface area contributed by atoms with Gasteiger partial charge in [-0.15, -0.1) is 0 Å². The van der Waals surface area contributed by atoms with Crippen molar-refractivity contribution in [1.29, 1.82) is 0 Å². The lowest BCUT2D eigenvalue weighted by Gasteiger charge is -2.17. The molecule has 1 aliphatic rings. The Hall–Kier alpha value is -3.02. The normalized spacial score (nSPS) is 16.2. The molecule has 6 nitrogen and oxygen atoms in total. The minimum Gasteiger partial charge on any atom is -0.493 e. The number of aryl methyl sites for hydroxylation is 1. The maximum Gasteiger partial charge on any atom is 0.227 e. The number of rotatable bonds is 7. The minimum absolute atomic E-state index is 0.0180. The van der Waals surface area contributed by atoms with Crippen molar-refractivity contribution in [3.8, 4) is 11.5 Å². The Morgan fingerprint density at radius 1 is 1.07 bits per heavy atom. The second-order valence-electron chi connectivity index (χ2n) is 6.83. The van der Waals surface area contributed by atoms with Crippen LogP contribution in [0.15, 0.2) is 42.5 Å². The molecule has 3 rings (SSSR count). The van der Waals surface area contributed by atoms with Gasteiger partial charge in [0.15, 0.2) is 11.5 Å². The smallest absolute Gasteiger partial charge is 0.227 e. The third-order valence-corrected chi connectivity index (χ3v) is 5.07. The van der Waals surface area contributed by atoms with E-state index in [0.717, 1.165) is 17.7 Å². The number of nitrogens with zero attached hydrogens (tertiary/aromatic N) is 1. The minimum atomic E-state index is -0.349. The monoisotopic (exact) mass is 382 g/mol. The zero-order valence-electron chi connectivity index (χ0n) is 16.5. The van der Waals surface area contributed by atoms with Gasteiger partial charge in [0.2, 0.25) is 11.8 Å². The van der Waals surface area contributed by atoms with Gasteiger partial charge in [-0.3, -0.25) is 9.59 Å². The van der Waals surface area contributed by atoms with Crippen LogP contribution < -0.4 is 19.7 Å². The first kappa shape index (κ1) is 19.7. The lowest BCUT2D eigenvalue weighted by molar-refractivity contribution is -0.126. The molecule has 2 aromatic carbocycles. The number of methoxy groups -OCH3 is 2. The van der Waals surface area contributed by atoms with E-state index in [0.29, 0.717) is 24.6 Å². The summed E-state index contributed by atoms with van der Waals surface area (Å²) in [5.74, 6) is 0.778. The molecule has 0 saturated carbocycles. The highest BCUT2D eigenvalue weighted by molar-refractivity contribution is 6.00. The average molecular weight is 382 g/mol. The van der Waals surface area contributed by atoms with Gasteiger partial charge in [-0.1, -0.05) is 25.1 Å². The van der Waals surface area contributed by atoms with Gasteiger partial charge in [-0.05, 0) is 41.8 Å². The van der Waals surface area contributed by atoms with Crippen molar-refractivity contribution in [1.82, 2.24) is 5.32 Å². The average Bonchev–Trinajstić information content (AvgIpc) is 3.13. The molecule has 0 bridgehead atoms. The van der Waals surface area contributed by atoms with E-state index in [2.05, 4.69) is 12.2 Å².